The molecule has 0 bridgehead atoms. The van der Waals surface area contributed by atoms with Gasteiger partial charge in [0.05, 0.1) is 24.1 Å². The summed E-state index contributed by atoms with van der Waals surface area (Å²) in [6, 6.07) is 3.36. The summed E-state index contributed by atoms with van der Waals surface area (Å²) in [4.78, 5) is 14.5. The van der Waals surface area contributed by atoms with Gasteiger partial charge >= 0.3 is 6.03 Å². The number of carbonyl (C=O) groups is 1. The van der Waals surface area contributed by atoms with E-state index in [1.54, 1.807) is 23.1 Å². The number of nitrogens with one attached hydrogen (secondary N) is 1. The number of aryl methyl sites for hydroxylation is 2. The number of hydrogen-bond acceptors (Lipinski definition) is 5. The Morgan fingerprint density at radius 3 is 3.04 bits per heavy atom. The largest absolute Gasteiger partial charge is 0.469 e. The van der Waals surface area contributed by atoms with Crippen LogP contribution in [0, 0.1) is 6.92 Å². The van der Waals surface area contributed by atoms with E-state index >= 15 is 0 Å². The van der Waals surface area contributed by atoms with E-state index in [-0.39, 0.29) is 12.1 Å². The fraction of sp³-hybridized carbons (Fsp3) is 0.353. The molecule has 0 aromatic carbocycles. The molecule has 1 fully saturated rings. The number of hydrogen-bond donors (Lipinski definition) is 1. The predicted octanol–water partition coefficient (Wildman–Crippen LogP) is 3.35. The molecule has 8 heteroatoms. The molecular weight excluding hydrogens is 322 g/mol. The summed E-state index contributed by atoms with van der Waals surface area (Å²) in [6.45, 7) is 2.55. The van der Waals surface area contributed by atoms with Crippen molar-refractivity contribution in [1.82, 2.24) is 19.8 Å². The van der Waals surface area contributed by atoms with Crippen molar-refractivity contribution in [3.63, 3.8) is 0 Å². The zero-order chi connectivity index (χ0) is 17.4. The van der Waals surface area contributed by atoms with Crippen LogP contribution < -0.4 is 5.32 Å². The van der Waals surface area contributed by atoms with Gasteiger partial charge in [0.2, 0.25) is 0 Å². The molecule has 0 aliphatic carbocycles. The Morgan fingerprint density at radius 1 is 1.44 bits per heavy atom. The summed E-state index contributed by atoms with van der Waals surface area (Å²) in [7, 11) is 1.87. The van der Waals surface area contributed by atoms with Gasteiger partial charge in [0.15, 0.2) is 11.6 Å². The summed E-state index contributed by atoms with van der Waals surface area (Å²) in [5, 5.41) is 11.0. The van der Waals surface area contributed by atoms with E-state index < -0.39 is 0 Å². The van der Waals surface area contributed by atoms with Gasteiger partial charge in [0.25, 0.3) is 0 Å². The normalized spacial score (nSPS) is 17.2. The molecule has 1 aliphatic heterocycles. The maximum atomic E-state index is 12.7. The third-order valence-electron chi connectivity index (χ3n) is 4.49. The molecule has 0 radical (unpaired) electrons. The number of anilines is 1. The highest BCUT2D eigenvalue weighted by Crippen LogP contribution is 2.32. The molecule has 3 aromatic heterocycles. The lowest BCUT2D eigenvalue weighted by Crippen LogP contribution is -2.34. The van der Waals surface area contributed by atoms with Gasteiger partial charge in [-0.1, -0.05) is 5.16 Å². The summed E-state index contributed by atoms with van der Waals surface area (Å²) in [5.74, 6) is 1.69. The molecule has 1 unspecified atom stereocenters. The van der Waals surface area contributed by atoms with Gasteiger partial charge in [-0.2, -0.15) is 5.10 Å². The quantitative estimate of drug-likeness (QED) is 0.789. The number of rotatable bonds is 3. The van der Waals surface area contributed by atoms with E-state index in [1.165, 1.54) is 0 Å². The number of aromatic nitrogens is 3. The monoisotopic (exact) mass is 341 g/mol. The minimum absolute atomic E-state index is 0.0381. The SMILES string of the molecule is Cc1occc1-c1cc(NC(=O)N2CCCC2c2cnn(C)c2)no1. The summed E-state index contributed by atoms with van der Waals surface area (Å²) in [6.07, 6.45) is 7.25. The van der Waals surface area contributed by atoms with Crippen LogP contribution >= 0.6 is 0 Å². The zero-order valence-electron chi connectivity index (χ0n) is 14.1. The minimum Gasteiger partial charge on any atom is -0.469 e. The molecule has 3 aromatic rings. The molecule has 8 nitrogen and oxygen atoms in total. The van der Waals surface area contributed by atoms with E-state index in [0.29, 0.717) is 18.1 Å². The Morgan fingerprint density at radius 2 is 2.32 bits per heavy atom. The molecule has 0 saturated carbocycles. The Balaban J connectivity index is 1.48. The van der Waals surface area contributed by atoms with Crippen LogP contribution in [0.15, 0.2) is 39.7 Å². The second-order valence-electron chi connectivity index (χ2n) is 6.20. The molecule has 4 rings (SSSR count). The van der Waals surface area contributed by atoms with Crippen LogP contribution in [-0.2, 0) is 7.05 Å². The first-order valence-corrected chi connectivity index (χ1v) is 8.19. The lowest BCUT2D eigenvalue weighted by atomic mass is 10.1. The van der Waals surface area contributed by atoms with Gasteiger partial charge in [0.1, 0.15) is 5.76 Å². The van der Waals surface area contributed by atoms with E-state index in [0.717, 1.165) is 29.7 Å². The van der Waals surface area contributed by atoms with Gasteiger partial charge in [-0.15, -0.1) is 0 Å². The minimum atomic E-state index is -0.185. The Labute approximate surface area is 144 Å². The van der Waals surface area contributed by atoms with Gasteiger partial charge in [0, 0.05) is 31.4 Å². The second-order valence-corrected chi connectivity index (χ2v) is 6.20. The van der Waals surface area contributed by atoms with Crippen molar-refractivity contribution in [3.05, 3.63) is 42.1 Å². The molecule has 2 amide bonds. The van der Waals surface area contributed by atoms with Crippen molar-refractivity contribution in [1.29, 1.82) is 0 Å². The number of nitrogens with zero attached hydrogens (tertiary/aromatic N) is 4. The fourth-order valence-corrected chi connectivity index (χ4v) is 3.25. The summed E-state index contributed by atoms with van der Waals surface area (Å²) >= 11 is 0. The zero-order valence-corrected chi connectivity index (χ0v) is 14.1. The number of furan rings is 1. The predicted molar refractivity (Wildman–Crippen MR) is 89.8 cm³/mol. The van der Waals surface area contributed by atoms with Crippen LogP contribution in [0.25, 0.3) is 11.3 Å². The van der Waals surface area contributed by atoms with Crippen LogP contribution in [0.1, 0.15) is 30.2 Å². The molecule has 1 atom stereocenters. The standard InChI is InChI=1S/C17H19N5O3/c1-11-13(5-7-24-11)15-8-16(20-25-15)19-17(23)22-6-3-4-14(22)12-9-18-21(2)10-12/h5,7-10,14H,3-4,6H2,1-2H3,(H,19,20,23). The molecule has 1 N–H and O–H groups in total. The molecule has 25 heavy (non-hydrogen) atoms. The first-order valence-electron chi connectivity index (χ1n) is 8.19. The van der Waals surface area contributed by atoms with Crippen molar-refractivity contribution in [3.8, 4) is 11.3 Å². The van der Waals surface area contributed by atoms with Crippen LogP contribution in [0.5, 0.6) is 0 Å². The van der Waals surface area contributed by atoms with Crippen LogP contribution in [-0.4, -0.2) is 32.4 Å². The van der Waals surface area contributed by atoms with Crippen LogP contribution in [0.4, 0.5) is 10.6 Å². The summed E-state index contributed by atoms with van der Waals surface area (Å²) < 4.78 is 12.3. The van der Waals surface area contributed by atoms with Crippen molar-refractivity contribution in [2.45, 2.75) is 25.8 Å². The van der Waals surface area contributed by atoms with E-state index in [1.807, 2.05) is 31.3 Å². The van der Waals surface area contributed by atoms with E-state index in [2.05, 4.69) is 15.6 Å². The van der Waals surface area contributed by atoms with Gasteiger partial charge in [-0.3, -0.25) is 10.00 Å². The molecule has 1 saturated heterocycles. The van der Waals surface area contributed by atoms with Crippen molar-refractivity contribution < 1.29 is 13.7 Å². The number of urea groups is 1. The number of likely N-dealkylation sites (tertiary alicyclic amines) is 1. The molecule has 130 valence electrons. The van der Waals surface area contributed by atoms with Crippen molar-refractivity contribution in [2.24, 2.45) is 7.05 Å². The number of amides is 2. The number of carbonyl (C=O) groups excluding carboxylic acids is 1. The van der Waals surface area contributed by atoms with Crippen molar-refractivity contribution in [2.75, 3.05) is 11.9 Å². The maximum Gasteiger partial charge on any atom is 0.323 e. The summed E-state index contributed by atoms with van der Waals surface area (Å²) in [5.41, 5.74) is 1.87. The third-order valence-corrected chi connectivity index (χ3v) is 4.49. The Bertz CT molecular complexity index is 894. The molecular formula is C17H19N5O3. The molecule has 0 spiro atoms. The third kappa shape index (κ3) is 2.90. The highest BCUT2D eigenvalue weighted by Gasteiger charge is 2.31. The average Bonchev–Trinajstić information content (AvgIpc) is 3.33. The van der Waals surface area contributed by atoms with E-state index in [9.17, 15) is 4.79 Å². The Hall–Kier alpha value is -3.03. The lowest BCUT2D eigenvalue weighted by molar-refractivity contribution is 0.207. The highest BCUT2D eigenvalue weighted by atomic mass is 16.5. The first kappa shape index (κ1) is 15.5. The molecule has 4 heterocycles. The topological polar surface area (TPSA) is 89.3 Å². The van der Waals surface area contributed by atoms with Crippen molar-refractivity contribution >= 4 is 11.8 Å². The molecule has 1 aliphatic rings. The fourth-order valence-electron chi connectivity index (χ4n) is 3.25. The highest BCUT2D eigenvalue weighted by molar-refractivity contribution is 5.89. The first-order chi connectivity index (χ1) is 12.1. The van der Waals surface area contributed by atoms with Crippen LogP contribution in [0.2, 0.25) is 0 Å². The van der Waals surface area contributed by atoms with Gasteiger partial charge in [-0.25, -0.2) is 4.79 Å². The van der Waals surface area contributed by atoms with Gasteiger partial charge in [-0.05, 0) is 25.8 Å². The second kappa shape index (κ2) is 6.12. The lowest BCUT2D eigenvalue weighted by Gasteiger charge is -2.23. The smallest absolute Gasteiger partial charge is 0.323 e. The van der Waals surface area contributed by atoms with Crippen LogP contribution in [0.3, 0.4) is 0 Å². The van der Waals surface area contributed by atoms with Gasteiger partial charge < -0.3 is 13.8 Å². The maximum absolute atomic E-state index is 12.7. The average molecular weight is 341 g/mol. The Kier molecular flexibility index (Phi) is 3.79. The van der Waals surface area contributed by atoms with E-state index in [4.69, 9.17) is 8.94 Å².